The normalized spacial score (nSPS) is 12.8. The van der Waals surface area contributed by atoms with Crippen LogP contribution >= 0.6 is 11.8 Å². The van der Waals surface area contributed by atoms with Crippen molar-refractivity contribution in [2.45, 2.75) is 19.1 Å². The van der Waals surface area contributed by atoms with Crippen molar-refractivity contribution in [2.24, 2.45) is 0 Å². The molecule has 1 aromatic carbocycles. The highest BCUT2D eigenvalue weighted by Gasteiger charge is 2.12. The van der Waals surface area contributed by atoms with E-state index < -0.39 is 5.82 Å². The lowest BCUT2D eigenvalue weighted by Crippen LogP contribution is -1.91. The molecule has 0 aliphatic heterocycles. The van der Waals surface area contributed by atoms with Crippen LogP contribution in [0.3, 0.4) is 0 Å². The smallest absolute Gasteiger partial charge is 0.165 e. The highest BCUT2D eigenvalue weighted by Crippen LogP contribution is 2.34. The van der Waals surface area contributed by atoms with Crippen LogP contribution in [0.25, 0.3) is 0 Å². The van der Waals surface area contributed by atoms with E-state index in [1.165, 1.54) is 6.07 Å². The Labute approximate surface area is 82.0 Å². The van der Waals surface area contributed by atoms with Crippen molar-refractivity contribution in [1.29, 1.82) is 0 Å². The molecule has 0 saturated heterocycles. The first-order valence-electron chi connectivity index (χ1n) is 4.25. The van der Waals surface area contributed by atoms with E-state index in [9.17, 15) is 9.50 Å². The molecular weight excluding hydrogens is 187 g/mol. The molecule has 0 spiro atoms. The summed E-state index contributed by atoms with van der Waals surface area (Å²) in [5.74, 6) is 0.203. The fourth-order valence-electron chi connectivity index (χ4n) is 1.20. The zero-order valence-electron chi connectivity index (χ0n) is 7.75. The first-order chi connectivity index (χ1) is 6.16. The number of benzene rings is 1. The Morgan fingerprint density at radius 1 is 1.54 bits per heavy atom. The minimum Gasteiger partial charge on any atom is -0.505 e. The molecule has 0 fully saturated rings. The van der Waals surface area contributed by atoms with Crippen molar-refractivity contribution in [2.75, 3.05) is 5.75 Å². The van der Waals surface area contributed by atoms with E-state index in [1.54, 1.807) is 23.9 Å². The van der Waals surface area contributed by atoms with Crippen LogP contribution in [-0.2, 0) is 0 Å². The van der Waals surface area contributed by atoms with E-state index in [2.05, 4.69) is 0 Å². The molecule has 1 aromatic rings. The molecule has 0 bridgehead atoms. The molecule has 1 rings (SSSR count). The number of aromatic hydroxyl groups is 1. The van der Waals surface area contributed by atoms with Crippen LogP contribution in [0.4, 0.5) is 4.39 Å². The van der Waals surface area contributed by atoms with Crippen molar-refractivity contribution >= 4 is 11.8 Å². The van der Waals surface area contributed by atoms with Crippen LogP contribution in [0.5, 0.6) is 5.75 Å². The lowest BCUT2D eigenvalue weighted by Gasteiger charge is -2.11. The number of rotatable bonds is 3. The van der Waals surface area contributed by atoms with Crippen LogP contribution < -0.4 is 0 Å². The van der Waals surface area contributed by atoms with E-state index >= 15 is 0 Å². The molecule has 0 aliphatic rings. The van der Waals surface area contributed by atoms with E-state index in [-0.39, 0.29) is 11.0 Å². The van der Waals surface area contributed by atoms with Gasteiger partial charge in [-0.15, -0.1) is 0 Å². The van der Waals surface area contributed by atoms with Crippen molar-refractivity contribution in [3.05, 3.63) is 29.6 Å². The summed E-state index contributed by atoms with van der Waals surface area (Å²) >= 11 is 1.68. The maximum Gasteiger partial charge on any atom is 0.165 e. The molecule has 1 atom stereocenters. The summed E-state index contributed by atoms with van der Waals surface area (Å²) in [7, 11) is 0. The summed E-state index contributed by atoms with van der Waals surface area (Å²) in [4.78, 5) is 0. The largest absolute Gasteiger partial charge is 0.505 e. The predicted molar refractivity (Wildman–Crippen MR) is 54.6 cm³/mol. The summed E-state index contributed by atoms with van der Waals surface area (Å²) in [6, 6.07) is 4.64. The van der Waals surface area contributed by atoms with E-state index in [4.69, 9.17) is 0 Å². The molecule has 3 heteroatoms. The third kappa shape index (κ3) is 2.37. The summed E-state index contributed by atoms with van der Waals surface area (Å²) < 4.78 is 12.9. The Morgan fingerprint density at radius 3 is 2.85 bits per heavy atom. The number of para-hydroxylation sites is 1. The van der Waals surface area contributed by atoms with Crippen molar-refractivity contribution in [1.82, 2.24) is 0 Å². The Bertz CT molecular complexity index is 288. The van der Waals surface area contributed by atoms with Crippen LogP contribution in [-0.4, -0.2) is 10.9 Å². The second kappa shape index (κ2) is 4.51. The molecule has 0 saturated carbocycles. The van der Waals surface area contributed by atoms with Gasteiger partial charge in [0.05, 0.1) is 0 Å². The van der Waals surface area contributed by atoms with Gasteiger partial charge in [-0.25, -0.2) is 4.39 Å². The van der Waals surface area contributed by atoms with Gasteiger partial charge in [0.15, 0.2) is 11.6 Å². The third-order valence-electron chi connectivity index (χ3n) is 1.87. The van der Waals surface area contributed by atoms with Crippen molar-refractivity contribution < 1.29 is 9.50 Å². The summed E-state index contributed by atoms with van der Waals surface area (Å²) in [5, 5.41) is 9.55. The summed E-state index contributed by atoms with van der Waals surface area (Å²) in [5.41, 5.74) is 0.673. The molecule has 0 amide bonds. The molecule has 72 valence electrons. The predicted octanol–water partition coefficient (Wildman–Crippen LogP) is 3.35. The molecule has 0 aromatic heterocycles. The quantitative estimate of drug-likeness (QED) is 0.807. The number of hydrogen-bond acceptors (Lipinski definition) is 2. The van der Waals surface area contributed by atoms with Gasteiger partial charge in [0, 0.05) is 10.8 Å². The minimum atomic E-state index is -0.541. The summed E-state index contributed by atoms with van der Waals surface area (Å²) in [6.07, 6.45) is 0. The molecular formula is C10H13FOS. The monoisotopic (exact) mass is 200 g/mol. The van der Waals surface area contributed by atoms with Crippen LogP contribution in [0.1, 0.15) is 24.7 Å². The van der Waals surface area contributed by atoms with Gasteiger partial charge in [-0.05, 0) is 18.7 Å². The number of thioether (sulfide) groups is 1. The maximum absolute atomic E-state index is 12.9. The summed E-state index contributed by atoms with van der Waals surface area (Å²) in [6.45, 7) is 4.00. The Kier molecular flexibility index (Phi) is 3.60. The highest BCUT2D eigenvalue weighted by molar-refractivity contribution is 7.99. The molecule has 0 radical (unpaired) electrons. The second-order valence-electron chi connectivity index (χ2n) is 2.78. The number of halogens is 1. The number of phenols is 1. The number of phenolic OH excluding ortho intramolecular Hbond substituents is 1. The Balaban J connectivity index is 2.93. The van der Waals surface area contributed by atoms with Crippen LogP contribution in [0.15, 0.2) is 18.2 Å². The average Bonchev–Trinajstić information content (AvgIpc) is 2.10. The molecule has 13 heavy (non-hydrogen) atoms. The van der Waals surface area contributed by atoms with E-state index in [1.807, 2.05) is 13.8 Å². The average molecular weight is 200 g/mol. The third-order valence-corrected chi connectivity index (χ3v) is 2.96. The second-order valence-corrected chi connectivity index (χ2v) is 4.39. The van der Waals surface area contributed by atoms with Gasteiger partial charge < -0.3 is 5.11 Å². The van der Waals surface area contributed by atoms with Gasteiger partial charge in [0.2, 0.25) is 0 Å². The van der Waals surface area contributed by atoms with Gasteiger partial charge in [0.25, 0.3) is 0 Å². The zero-order valence-corrected chi connectivity index (χ0v) is 8.57. The first-order valence-corrected chi connectivity index (χ1v) is 5.30. The molecule has 1 N–H and O–H groups in total. The van der Waals surface area contributed by atoms with Crippen molar-refractivity contribution in [3.8, 4) is 5.75 Å². The van der Waals surface area contributed by atoms with Gasteiger partial charge in [-0.3, -0.25) is 0 Å². The van der Waals surface area contributed by atoms with Crippen LogP contribution in [0, 0.1) is 5.82 Å². The molecule has 1 unspecified atom stereocenters. The van der Waals surface area contributed by atoms with Crippen molar-refractivity contribution in [3.63, 3.8) is 0 Å². The molecule has 0 heterocycles. The highest BCUT2D eigenvalue weighted by atomic mass is 32.2. The molecule has 0 aliphatic carbocycles. The minimum absolute atomic E-state index is 0.140. The van der Waals surface area contributed by atoms with E-state index in [0.717, 1.165) is 5.75 Å². The fourth-order valence-corrected chi connectivity index (χ4v) is 2.07. The maximum atomic E-state index is 12.9. The van der Waals surface area contributed by atoms with Gasteiger partial charge >= 0.3 is 0 Å². The lowest BCUT2D eigenvalue weighted by atomic mass is 10.1. The van der Waals surface area contributed by atoms with Gasteiger partial charge in [0.1, 0.15) is 0 Å². The lowest BCUT2D eigenvalue weighted by molar-refractivity contribution is 0.426. The Morgan fingerprint density at radius 2 is 2.23 bits per heavy atom. The number of hydrogen-bond donors (Lipinski definition) is 1. The first kappa shape index (κ1) is 10.4. The van der Waals surface area contributed by atoms with E-state index in [0.29, 0.717) is 5.56 Å². The topological polar surface area (TPSA) is 20.2 Å². The van der Waals surface area contributed by atoms with Gasteiger partial charge in [-0.2, -0.15) is 11.8 Å². The SMILES string of the molecule is CCSC(C)c1cccc(F)c1O. The fraction of sp³-hybridized carbons (Fsp3) is 0.400. The zero-order chi connectivity index (χ0) is 9.84. The Hall–Kier alpha value is -0.700. The standard InChI is InChI=1S/C10H13FOS/c1-3-13-7(2)8-5-4-6-9(11)10(8)12/h4-7,12H,3H2,1-2H3. The van der Waals surface area contributed by atoms with Gasteiger partial charge in [-0.1, -0.05) is 19.1 Å². The van der Waals surface area contributed by atoms with Crippen LogP contribution in [0.2, 0.25) is 0 Å². The molecule has 1 nitrogen and oxygen atoms in total.